The van der Waals surface area contributed by atoms with Gasteiger partial charge in [-0.15, -0.1) is 0 Å². The van der Waals surface area contributed by atoms with Crippen molar-refractivity contribution in [1.29, 1.82) is 0 Å². The second-order valence-corrected chi connectivity index (χ2v) is 8.53. The Labute approximate surface area is 203 Å². The standard InChI is InChI=1S/C27H24N2O4S/c1-18(2)17-32-23-10-6-7-19(15-23)16-24-25(30)28-27(34)29(26(24)31)20-11-13-22(14-12-20)33-21-8-4-3-5-9-21/h3-16,18H,17H2,1-2H3,(H,28,30,34)/b24-16+. The van der Waals surface area contributed by atoms with Gasteiger partial charge in [0.05, 0.1) is 12.3 Å². The first kappa shape index (κ1) is 23.2. The van der Waals surface area contributed by atoms with Gasteiger partial charge in [0.25, 0.3) is 11.8 Å². The lowest BCUT2D eigenvalue weighted by Gasteiger charge is -2.29. The van der Waals surface area contributed by atoms with Gasteiger partial charge in [0, 0.05) is 0 Å². The molecule has 172 valence electrons. The fraction of sp³-hybridized carbons (Fsp3) is 0.148. The van der Waals surface area contributed by atoms with Crippen molar-refractivity contribution in [2.75, 3.05) is 11.5 Å². The molecular weight excluding hydrogens is 448 g/mol. The predicted molar refractivity (Wildman–Crippen MR) is 136 cm³/mol. The normalized spacial score (nSPS) is 15.0. The van der Waals surface area contributed by atoms with Crippen molar-refractivity contribution in [3.8, 4) is 17.2 Å². The highest BCUT2D eigenvalue weighted by Gasteiger charge is 2.34. The number of ether oxygens (including phenoxy) is 2. The van der Waals surface area contributed by atoms with Crippen LogP contribution in [0.1, 0.15) is 19.4 Å². The lowest BCUT2D eigenvalue weighted by molar-refractivity contribution is -0.122. The number of carbonyl (C=O) groups excluding carboxylic acids is 2. The van der Waals surface area contributed by atoms with Crippen LogP contribution in [0, 0.1) is 5.92 Å². The van der Waals surface area contributed by atoms with Gasteiger partial charge in [0.15, 0.2) is 5.11 Å². The van der Waals surface area contributed by atoms with E-state index >= 15 is 0 Å². The zero-order valence-electron chi connectivity index (χ0n) is 18.9. The number of hydrogen-bond donors (Lipinski definition) is 1. The summed E-state index contributed by atoms with van der Waals surface area (Å²) in [6.07, 6.45) is 1.54. The molecule has 1 saturated heterocycles. The highest BCUT2D eigenvalue weighted by Crippen LogP contribution is 2.27. The maximum Gasteiger partial charge on any atom is 0.270 e. The van der Waals surface area contributed by atoms with E-state index in [1.54, 1.807) is 36.4 Å². The number of amides is 2. The summed E-state index contributed by atoms with van der Waals surface area (Å²) in [5.41, 5.74) is 1.19. The summed E-state index contributed by atoms with van der Waals surface area (Å²) in [6, 6.07) is 23.6. The Morgan fingerprint density at radius 3 is 2.29 bits per heavy atom. The van der Waals surface area contributed by atoms with Gasteiger partial charge in [-0.25, -0.2) is 0 Å². The Kier molecular flexibility index (Phi) is 7.04. The number of nitrogens with zero attached hydrogens (tertiary/aromatic N) is 1. The SMILES string of the molecule is CC(C)COc1cccc(/C=C2\C(=O)NC(=S)N(c3ccc(Oc4ccccc4)cc3)C2=O)c1. The average molecular weight is 473 g/mol. The fourth-order valence-corrected chi connectivity index (χ4v) is 3.58. The van der Waals surface area contributed by atoms with Crippen molar-refractivity contribution in [3.05, 3.63) is 90.0 Å². The van der Waals surface area contributed by atoms with Crippen LogP contribution in [0.15, 0.2) is 84.4 Å². The third-order valence-corrected chi connectivity index (χ3v) is 5.21. The van der Waals surface area contributed by atoms with Crippen LogP contribution in [0.3, 0.4) is 0 Å². The molecule has 0 aliphatic carbocycles. The zero-order chi connectivity index (χ0) is 24.1. The molecular formula is C27H24N2O4S. The molecule has 0 aromatic heterocycles. The highest BCUT2D eigenvalue weighted by atomic mass is 32.1. The minimum absolute atomic E-state index is 0.0146. The number of hydrogen-bond acceptors (Lipinski definition) is 5. The number of carbonyl (C=O) groups is 2. The topological polar surface area (TPSA) is 67.9 Å². The number of anilines is 1. The average Bonchev–Trinajstić information content (AvgIpc) is 2.82. The first-order valence-corrected chi connectivity index (χ1v) is 11.3. The van der Waals surface area contributed by atoms with Crippen molar-refractivity contribution < 1.29 is 19.1 Å². The van der Waals surface area contributed by atoms with Crippen LogP contribution >= 0.6 is 12.2 Å². The third-order valence-electron chi connectivity index (χ3n) is 4.93. The second kappa shape index (κ2) is 10.3. The summed E-state index contributed by atoms with van der Waals surface area (Å²) in [4.78, 5) is 27.2. The maximum atomic E-state index is 13.3. The molecule has 7 heteroatoms. The number of thiocarbonyl (C=S) groups is 1. The minimum atomic E-state index is -0.538. The molecule has 2 amide bonds. The summed E-state index contributed by atoms with van der Waals surface area (Å²) >= 11 is 5.29. The van der Waals surface area contributed by atoms with Gasteiger partial charge in [-0.1, -0.05) is 44.2 Å². The van der Waals surface area contributed by atoms with Crippen molar-refractivity contribution in [3.63, 3.8) is 0 Å². The molecule has 0 bridgehead atoms. The van der Waals surface area contributed by atoms with Crippen LogP contribution in [-0.2, 0) is 9.59 Å². The van der Waals surface area contributed by atoms with E-state index in [2.05, 4.69) is 19.2 Å². The van der Waals surface area contributed by atoms with E-state index in [9.17, 15) is 9.59 Å². The molecule has 0 saturated carbocycles. The Morgan fingerprint density at radius 1 is 0.912 bits per heavy atom. The van der Waals surface area contributed by atoms with Gasteiger partial charge in [-0.2, -0.15) is 0 Å². The smallest absolute Gasteiger partial charge is 0.270 e. The molecule has 1 heterocycles. The Balaban J connectivity index is 1.56. The van der Waals surface area contributed by atoms with Gasteiger partial charge in [0.1, 0.15) is 22.8 Å². The zero-order valence-corrected chi connectivity index (χ0v) is 19.7. The van der Waals surface area contributed by atoms with Crippen LogP contribution in [0.2, 0.25) is 0 Å². The van der Waals surface area contributed by atoms with E-state index in [0.717, 1.165) is 0 Å². The molecule has 0 spiro atoms. The van der Waals surface area contributed by atoms with Crippen LogP contribution < -0.4 is 19.7 Å². The van der Waals surface area contributed by atoms with Crippen molar-refractivity contribution in [2.45, 2.75) is 13.8 Å². The van der Waals surface area contributed by atoms with Crippen LogP contribution in [0.4, 0.5) is 5.69 Å². The maximum absolute atomic E-state index is 13.3. The van der Waals surface area contributed by atoms with Gasteiger partial charge in [0.2, 0.25) is 0 Å². The Morgan fingerprint density at radius 2 is 1.59 bits per heavy atom. The lowest BCUT2D eigenvalue weighted by Crippen LogP contribution is -2.54. The molecule has 1 aliphatic rings. The van der Waals surface area contributed by atoms with Crippen molar-refractivity contribution in [2.24, 2.45) is 5.92 Å². The fourth-order valence-electron chi connectivity index (χ4n) is 3.30. The molecule has 4 rings (SSSR count). The summed E-state index contributed by atoms with van der Waals surface area (Å²) in [6.45, 7) is 4.70. The number of para-hydroxylation sites is 1. The summed E-state index contributed by atoms with van der Waals surface area (Å²) in [5.74, 6) is 1.34. The van der Waals surface area contributed by atoms with Crippen LogP contribution in [0.25, 0.3) is 6.08 Å². The summed E-state index contributed by atoms with van der Waals surface area (Å²) in [5, 5.41) is 2.63. The third kappa shape index (κ3) is 5.50. The van der Waals surface area contributed by atoms with E-state index in [1.807, 2.05) is 48.5 Å². The van der Waals surface area contributed by atoms with Gasteiger partial charge in [-0.3, -0.25) is 19.8 Å². The van der Waals surface area contributed by atoms with Gasteiger partial charge in [-0.05, 0) is 78.3 Å². The van der Waals surface area contributed by atoms with Gasteiger partial charge >= 0.3 is 0 Å². The van der Waals surface area contributed by atoms with Gasteiger partial charge < -0.3 is 9.47 Å². The van der Waals surface area contributed by atoms with E-state index in [1.165, 1.54) is 4.90 Å². The van der Waals surface area contributed by atoms with Crippen molar-refractivity contribution >= 4 is 40.9 Å². The first-order chi connectivity index (χ1) is 16.4. The Hall–Kier alpha value is -3.97. The van der Waals surface area contributed by atoms with E-state index in [4.69, 9.17) is 21.7 Å². The van der Waals surface area contributed by atoms with Crippen LogP contribution in [-0.4, -0.2) is 23.5 Å². The number of rotatable bonds is 7. The largest absolute Gasteiger partial charge is 0.493 e. The predicted octanol–water partition coefficient (Wildman–Crippen LogP) is 5.35. The summed E-state index contributed by atoms with van der Waals surface area (Å²) in [7, 11) is 0. The molecule has 34 heavy (non-hydrogen) atoms. The molecule has 0 radical (unpaired) electrons. The number of nitrogens with one attached hydrogen (secondary N) is 1. The van der Waals surface area contributed by atoms with E-state index in [-0.39, 0.29) is 10.7 Å². The second-order valence-electron chi connectivity index (χ2n) is 8.14. The van der Waals surface area contributed by atoms with E-state index < -0.39 is 11.8 Å². The highest BCUT2D eigenvalue weighted by molar-refractivity contribution is 7.80. The molecule has 1 N–H and O–H groups in total. The molecule has 0 atom stereocenters. The molecule has 3 aromatic carbocycles. The minimum Gasteiger partial charge on any atom is -0.493 e. The molecule has 3 aromatic rings. The molecule has 1 aliphatic heterocycles. The Bertz CT molecular complexity index is 1240. The monoisotopic (exact) mass is 472 g/mol. The van der Waals surface area contributed by atoms with Crippen LogP contribution in [0.5, 0.6) is 17.2 Å². The molecule has 1 fully saturated rings. The number of benzene rings is 3. The van der Waals surface area contributed by atoms with E-state index in [0.29, 0.717) is 41.0 Å². The quantitative estimate of drug-likeness (QED) is 0.285. The summed E-state index contributed by atoms with van der Waals surface area (Å²) < 4.78 is 11.6. The molecule has 6 nitrogen and oxygen atoms in total. The van der Waals surface area contributed by atoms with Crippen molar-refractivity contribution in [1.82, 2.24) is 5.32 Å². The first-order valence-electron chi connectivity index (χ1n) is 10.9. The molecule has 0 unspecified atom stereocenters. The lowest BCUT2D eigenvalue weighted by atomic mass is 10.1.